The summed E-state index contributed by atoms with van der Waals surface area (Å²) >= 11 is 3.07. The van der Waals surface area contributed by atoms with Crippen LogP contribution >= 0.6 is 22.7 Å². The third kappa shape index (κ3) is 10.5. The van der Waals surface area contributed by atoms with E-state index in [9.17, 15) is 9.59 Å². The number of hydrogen-bond acceptors (Lipinski definition) is 10. The monoisotopic (exact) mass is 908 g/mol. The lowest BCUT2D eigenvalue weighted by Crippen LogP contribution is -2.33. The van der Waals surface area contributed by atoms with E-state index in [0.29, 0.717) is 24.7 Å². The van der Waals surface area contributed by atoms with E-state index in [2.05, 4.69) is 127 Å². The SMILES string of the molecule is CCCCC(CC(=O)c1cnc(N2CCc3nn(C)cc3C2)s1)Cc1c[nH]c2ccccc12.CCCCC(CC(=O)c1cnc(N2CCn3nccc3C2)s1)Cc1c[nH]c2ccccc12. The first-order valence-corrected chi connectivity index (χ1v) is 25.0. The topological polar surface area (TPSA) is 134 Å². The van der Waals surface area contributed by atoms with Gasteiger partial charge in [-0.2, -0.15) is 10.2 Å². The van der Waals surface area contributed by atoms with E-state index >= 15 is 0 Å². The van der Waals surface area contributed by atoms with Crippen molar-refractivity contribution in [3.05, 3.63) is 130 Å². The number of benzene rings is 2. The van der Waals surface area contributed by atoms with E-state index in [4.69, 9.17) is 0 Å². The van der Waals surface area contributed by atoms with E-state index in [1.54, 1.807) is 12.4 Å². The Kier molecular flexibility index (Phi) is 14.0. The molecule has 0 amide bonds. The highest BCUT2D eigenvalue weighted by Gasteiger charge is 2.26. The molecule has 0 bridgehead atoms. The van der Waals surface area contributed by atoms with Crippen molar-refractivity contribution in [3.63, 3.8) is 0 Å². The summed E-state index contributed by atoms with van der Waals surface area (Å²) in [5.74, 6) is 1.13. The Morgan fingerprint density at radius 2 is 1.29 bits per heavy atom. The van der Waals surface area contributed by atoms with Crippen LogP contribution in [-0.4, -0.2) is 64.2 Å². The van der Waals surface area contributed by atoms with Gasteiger partial charge < -0.3 is 19.8 Å². The quantitative estimate of drug-likeness (QED) is 0.0813. The minimum atomic E-state index is 0.219. The standard InChI is InChI=1S/C26H31N5OS.C25H29N5OS/c1-3-4-7-18(12-19-14-27-23-9-6-5-8-21(19)23)13-24(32)25-15-28-26(33-25)31-11-10-22-20(17-31)16-30(2)29-22;1-2-3-6-18(13-19-15-26-22-8-5-4-7-21(19)22)14-23(31)24-16-27-25(32-24)29-11-12-30-20(17-29)9-10-28-30/h5-6,8-9,14-16,18,27H,3-4,7,10-13,17H2,1-2H3;4-5,7-10,15-16,18,26H,2-3,6,11-14,17H2,1H3. The van der Waals surface area contributed by atoms with Gasteiger partial charge in [0.25, 0.3) is 0 Å². The lowest BCUT2D eigenvalue weighted by molar-refractivity contribution is 0.0953. The first kappa shape index (κ1) is 44.3. The number of rotatable bonds is 18. The predicted molar refractivity (Wildman–Crippen MR) is 263 cm³/mol. The van der Waals surface area contributed by atoms with Crippen LogP contribution in [0.25, 0.3) is 21.8 Å². The number of anilines is 2. The summed E-state index contributed by atoms with van der Waals surface area (Å²) in [6.07, 6.45) is 22.4. The molecule has 6 aromatic heterocycles. The van der Waals surface area contributed by atoms with Crippen molar-refractivity contribution in [1.82, 2.24) is 39.5 Å². The van der Waals surface area contributed by atoms with Crippen molar-refractivity contribution in [1.29, 1.82) is 0 Å². The van der Waals surface area contributed by atoms with Gasteiger partial charge in [-0.25, -0.2) is 9.97 Å². The maximum Gasteiger partial charge on any atom is 0.186 e. The van der Waals surface area contributed by atoms with Crippen LogP contribution in [-0.2, 0) is 45.9 Å². The van der Waals surface area contributed by atoms with Crippen molar-refractivity contribution >= 4 is 66.3 Å². The number of unbranched alkanes of at least 4 members (excludes halogenated alkanes) is 2. The molecule has 2 N–H and O–H groups in total. The second kappa shape index (κ2) is 20.5. The summed E-state index contributed by atoms with van der Waals surface area (Å²) in [5.41, 5.74) is 8.58. The average molecular weight is 909 g/mol. The molecule has 2 atom stereocenters. The van der Waals surface area contributed by atoms with Crippen LogP contribution in [0.2, 0.25) is 0 Å². The fourth-order valence-corrected chi connectivity index (χ4v) is 11.3. The van der Waals surface area contributed by atoms with E-state index in [1.807, 2.05) is 22.6 Å². The number of para-hydroxylation sites is 2. The third-order valence-electron chi connectivity index (χ3n) is 13.0. The Hall–Kier alpha value is -5.86. The molecule has 14 heteroatoms. The summed E-state index contributed by atoms with van der Waals surface area (Å²) in [4.78, 5) is 48.5. The summed E-state index contributed by atoms with van der Waals surface area (Å²) < 4.78 is 3.92. The fraction of sp³-hybridized carbons (Fsp3) is 0.412. The normalized spacial score (nSPS) is 14.6. The van der Waals surface area contributed by atoms with Gasteiger partial charge in [0.05, 0.1) is 46.6 Å². The molecule has 0 spiro atoms. The fourth-order valence-electron chi connectivity index (χ4n) is 9.53. The maximum atomic E-state index is 13.2. The smallest absolute Gasteiger partial charge is 0.186 e. The second-order valence-electron chi connectivity index (χ2n) is 17.8. The van der Waals surface area contributed by atoms with Crippen molar-refractivity contribution < 1.29 is 9.59 Å². The van der Waals surface area contributed by atoms with Gasteiger partial charge in [0.15, 0.2) is 21.8 Å². The molecule has 2 aliphatic rings. The molecule has 8 aromatic rings. The number of nitrogens with zero attached hydrogens (tertiary/aromatic N) is 8. The van der Waals surface area contributed by atoms with E-state index in [1.165, 1.54) is 67.0 Å². The number of Topliss-reactive ketones (excluding diaryl/α,β-unsaturated/α-hetero) is 2. The van der Waals surface area contributed by atoms with Crippen LogP contribution in [0.1, 0.15) is 113 Å². The van der Waals surface area contributed by atoms with Crippen LogP contribution in [0.15, 0.2) is 91.8 Å². The van der Waals surface area contributed by atoms with Gasteiger partial charge in [-0.1, -0.05) is 98.6 Å². The summed E-state index contributed by atoms with van der Waals surface area (Å²) in [7, 11) is 1.97. The van der Waals surface area contributed by atoms with Gasteiger partial charge in [0.2, 0.25) is 0 Å². The Labute approximate surface area is 389 Å². The number of carbonyl (C=O) groups excluding carboxylic acids is 2. The lowest BCUT2D eigenvalue weighted by atomic mass is 9.89. The number of aryl methyl sites for hydroxylation is 1. The Balaban J connectivity index is 0.000000164. The Morgan fingerprint density at radius 3 is 1.88 bits per heavy atom. The molecular weight excluding hydrogens is 849 g/mol. The zero-order chi connectivity index (χ0) is 44.7. The van der Waals surface area contributed by atoms with E-state index < -0.39 is 0 Å². The molecular formula is C51H60N10O2S2. The number of aromatic nitrogens is 8. The highest BCUT2D eigenvalue weighted by atomic mass is 32.1. The van der Waals surface area contributed by atoms with Gasteiger partial charge in [0, 0.05) is 98.1 Å². The molecule has 8 heterocycles. The van der Waals surface area contributed by atoms with Crippen molar-refractivity contribution in [2.75, 3.05) is 22.9 Å². The molecule has 10 rings (SSSR count). The number of aromatic amines is 2. The molecule has 0 saturated heterocycles. The Morgan fingerprint density at radius 1 is 0.723 bits per heavy atom. The van der Waals surface area contributed by atoms with Crippen molar-refractivity contribution in [2.45, 2.75) is 104 Å². The minimum Gasteiger partial charge on any atom is -0.361 e. The molecule has 0 radical (unpaired) electrons. The first-order chi connectivity index (χ1) is 31.8. The number of thiazole rings is 2. The maximum absolute atomic E-state index is 13.2. The minimum absolute atomic E-state index is 0.219. The summed E-state index contributed by atoms with van der Waals surface area (Å²) in [6.45, 7) is 8.65. The molecule has 338 valence electrons. The first-order valence-electron chi connectivity index (χ1n) is 23.4. The average Bonchev–Trinajstić information content (AvgIpc) is 4.19. The molecule has 2 aliphatic heterocycles. The van der Waals surface area contributed by atoms with Gasteiger partial charge in [-0.3, -0.25) is 19.0 Å². The van der Waals surface area contributed by atoms with Gasteiger partial charge in [0.1, 0.15) is 0 Å². The largest absolute Gasteiger partial charge is 0.361 e. The molecule has 0 saturated carbocycles. The van der Waals surface area contributed by atoms with Crippen LogP contribution < -0.4 is 9.80 Å². The number of carbonyl (C=O) groups is 2. The predicted octanol–water partition coefficient (Wildman–Crippen LogP) is 11.0. The highest BCUT2D eigenvalue weighted by molar-refractivity contribution is 7.17. The Bertz CT molecular complexity index is 2840. The van der Waals surface area contributed by atoms with E-state index in [0.717, 1.165) is 116 Å². The molecule has 2 unspecified atom stereocenters. The van der Waals surface area contributed by atoms with Crippen molar-refractivity contribution in [3.8, 4) is 0 Å². The zero-order valence-corrected chi connectivity index (χ0v) is 39.5. The molecule has 0 fully saturated rings. The molecule has 12 nitrogen and oxygen atoms in total. The second-order valence-corrected chi connectivity index (χ2v) is 19.8. The lowest BCUT2D eigenvalue weighted by Gasteiger charge is -2.27. The van der Waals surface area contributed by atoms with Gasteiger partial charge in [-0.15, -0.1) is 0 Å². The molecule has 2 aromatic carbocycles. The van der Waals surface area contributed by atoms with Crippen LogP contribution in [0, 0.1) is 11.8 Å². The van der Waals surface area contributed by atoms with Crippen LogP contribution in [0.4, 0.5) is 10.3 Å². The van der Waals surface area contributed by atoms with Gasteiger partial charge in [-0.05, 0) is 66.8 Å². The molecule has 0 aliphatic carbocycles. The number of hydrogen-bond donors (Lipinski definition) is 2. The highest BCUT2D eigenvalue weighted by Crippen LogP contribution is 2.33. The van der Waals surface area contributed by atoms with Gasteiger partial charge >= 0.3 is 0 Å². The zero-order valence-electron chi connectivity index (χ0n) is 37.8. The van der Waals surface area contributed by atoms with Crippen LogP contribution in [0.5, 0.6) is 0 Å². The van der Waals surface area contributed by atoms with Crippen LogP contribution in [0.3, 0.4) is 0 Å². The van der Waals surface area contributed by atoms with Crippen molar-refractivity contribution in [2.24, 2.45) is 18.9 Å². The van der Waals surface area contributed by atoms with E-state index in [-0.39, 0.29) is 11.6 Å². The number of nitrogens with one attached hydrogen (secondary N) is 2. The molecule has 65 heavy (non-hydrogen) atoms. The number of fused-ring (bicyclic) bond motifs is 4. The number of H-pyrrole nitrogens is 2. The number of ketones is 2. The summed E-state index contributed by atoms with van der Waals surface area (Å²) in [6, 6.07) is 18.9. The summed E-state index contributed by atoms with van der Waals surface area (Å²) in [5, 5.41) is 13.3. The third-order valence-corrected chi connectivity index (χ3v) is 15.2.